The minimum Gasteiger partial charge on any atom is -0.298 e. The van der Waals surface area contributed by atoms with E-state index in [-0.39, 0.29) is 5.78 Å². The van der Waals surface area contributed by atoms with Crippen LogP contribution in [0.1, 0.15) is 38.1 Å². The predicted molar refractivity (Wildman–Crippen MR) is 90.1 cm³/mol. The van der Waals surface area contributed by atoms with Crippen molar-refractivity contribution in [2.45, 2.75) is 39.8 Å². The van der Waals surface area contributed by atoms with E-state index in [4.69, 9.17) is 11.6 Å². The second-order valence-corrected chi connectivity index (χ2v) is 6.95. The van der Waals surface area contributed by atoms with E-state index in [0.29, 0.717) is 22.9 Å². The molecule has 112 valence electrons. The molecule has 0 aliphatic rings. The van der Waals surface area contributed by atoms with Crippen LogP contribution in [-0.4, -0.2) is 40.8 Å². The maximum Gasteiger partial charge on any atom is 0.172 e. The van der Waals surface area contributed by atoms with Crippen LogP contribution in [-0.2, 0) is 0 Å². The van der Waals surface area contributed by atoms with Crippen molar-refractivity contribution < 1.29 is 4.79 Å². The lowest BCUT2D eigenvalue weighted by molar-refractivity contribution is 0.102. The third kappa shape index (κ3) is 5.86. The molecule has 0 N–H and O–H groups in total. The maximum absolute atomic E-state index is 12.0. The molecule has 2 nitrogen and oxygen atoms in total. The Morgan fingerprint density at radius 3 is 2.20 bits per heavy atom. The van der Waals surface area contributed by atoms with Gasteiger partial charge in [0.25, 0.3) is 0 Å². The topological polar surface area (TPSA) is 20.3 Å². The molecule has 0 radical (unpaired) electrons. The third-order valence-corrected chi connectivity index (χ3v) is 4.41. The van der Waals surface area contributed by atoms with Crippen LogP contribution in [0, 0.1) is 0 Å². The molecule has 0 unspecified atom stereocenters. The number of benzene rings is 1. The lowest BCUT2D eigenvalue weighted by Gasteiger charge is -2.30. The highest BCUT2D eigenvalue weighted by Gasteiger charge is 2.13. The number of hydrogen-bond acceptors (Lipinski definition) is 3. The van der Waals surface area contributed by atoms with Gasteiger partial charge in [-0.25, -0.2) is 0 Å². The molecule has 20 heavy (non-hydrogen) atoms. The number of Topliss-reactive ketones (excluding diaryl/α,β-unsaturated/α-hetero) is 1. The number of halogens is 1. The average molecular weight is 314 g/mol. The summed E-state index contributed by atoms with van der Waals surface area (Å²) in [5, 5.41) is 0.665. The van der Waals surface area contributed by atoms with Gasteiger partial charge >= 0.3 is 0 Å². The van der Waals surface area contributed by atoms with Gasteiger partial charge in [0.05, 0.1) is 5.75 Å². The summed E-state index contributed by atoms with van der Waals surface area (Å²) >= 11 is 7.51. The van der Waals surface area contributed by atoms with Gasteiger partial charge < -0.3 is 0 Å². The normalized spacial score (nSPS) is 11.6. The van der Waals surface area contributed by atoms with Crippen molar-refractivity contribution in [3.63, 3.8) is 0 Å². The molecule has 0 spiro atoms. The average Bonchev–Trinajstić information content (AvgIpc) is 2.38. The van der Waals surface area contributed by atoms with Gasteiger partial charge in [-0.1, -0.05) is 11.6 Å². The number of ketones is 1. The Kier molecular flexibility index (Phi) is 7.63. The molecular weight excluding hydrogens is 290 g/mol. The van der Waals surface area contributed by atoms with Crippen LogP contribution in [0.15, 0.2) is 24.3 Å². The maximum atomic E-state index is 12.0. The standard InChI is InChI=1S/C16H24ClNOS/c1-12(2)18(13(3)4)9-10-20-11-16(19)14-5-7-15(17)8-6-14/h5-8,12-13H,9-11H2,1-4H3. The fourth-order valence-electron chi connectivity index (χ4n) is 2.17. The zero-order valence-electron chi connectivity index (χ0n) is 12.7. The zero-order chi connectivity index (χ0) is 15.1. The van der Waals surface area contributed by atoms with Gasteiger partial charge in [0.15, 0.2) is 5.78 Å². The second kappa shape index (κ2) is 8.71. The summed E-state index contributed by atoms with van der Waals surface area (Å²) < 4.78 is 0. The van der Waals surface area contributed by atoms with Crippen molar-refractivity contribution in [1.82, 2.24) is 4.90 Å². The zero-order valence-corrected chi connectivity index (χ0v) is 14.3. The van der Waals surface area contributed by atoms with Crippen LogP contribution in [0.2, 0.25) is 5.02 Å². The Hall–Kier alpha value is -0.510. The Bertz CT molecular complexity index is 409. The Balaban J connectivity index is 2.33. The molecule has 0 aliphatic heterocycles. The molecule has 1 aromatic rings. The van der Waals surface area contributed by atoms with Crippen LogP contribution < -0.4 is 0 Å². The van der Waals surface area contributed by atoms with E-state index in [1.165, 1.54) is 0 Å². The van der Waals surface area contributed by atoms with E-state index in [0.717, 1.165) is 17.9 Å². The van der Waals surface area contributed by atoms with Gasteiger partial charge in [-0.2, -0.15) is 11.8 Å². The minimum absolute atomic E-state index is 0.173. The number of nitrogens with zero attached hydrogens (tertiary/aromatic N) is 1. The second-order valence-electron chi connectivity index (χ2n) is 5.41. The van der Waals surface area contributed by atoms with Crippen LogP contribution in [0.4, 0.5) is 0 Å². The van der Waals surface area contributed by atoms with E-state index in [2.05, 4.69) is 32.6 Å². The summed E-state index contributed by atoms with van der Waals surface area (Å²) in [6.45, 7) is 9.87. The van der Waals surface area contributed by atoms with Gasteiger partial charge in [0, 0.05) is 35.0 Å². The van der Waals surface area contributed by atoms with Crippen molar-refractivity contribution >= 4 is 29.1 Å². The van der Waals surface area contributed by atoms with Crippen LogP contribution in [0.3, 0.4) is 0 Å². The van der Waals surface area contributed by atoms with E-state index < -0.39 is 0 Å². The molecule has 0 fully saturated rings. The molecular formula is C16H24ClNOS. The summed E-state index contributed by atoms with van der Waals surface area (Å²) in [7, 11) is 0. The summed E-state index contributed by atoms with van der Waals surface area (Å²) in [6, 6.07) is 8.20. The lowest BCUT2D eigenvalue weighted by atomic mass is 10.1. The minimum atomic E-state index is 0.173. The number of carbonyl (C=O) groups excluding carboxylic acids is 1. The molecule has 0 amide bonds. The van der Waals surface area contributed by atoms with Gasteiger partial charge in [0.1, 0.15) is 0 Å². The van der Waals surface area contributed by atoms with E-state index in [1.54, 1.807) is 36.0 Å². The van der Waals surface area contributed by atoms with Crippen LogP contribution in [0.25, 0.3) is 0 Å². The predicted octanol–water partition coefficient (Wildman–Crippen LogP) is 4.37. The first-order valence-electron chi connectivity index (χ1n) is 7.04. The summed E-state index contributed by atoms with van der Waals surface area (Å²) in [6.07, 6.45) is 0. The molecule has 0 aromatic heterocycles. The van der Waals surface area contributed by atoms with Crippen molar-refractivity contribution in [1.29, 1.82) is 0 Å². The first-order valence-corrected chi connectivity index (χ1v) is 8.57. The lowest BCUT2D eigenvalue weighted by Crippen LogP contribution is -2.38. The number of rotatable bonds is 8. The van der Waals surface area contributed by atoms with Crippen LogP contribution >= 0.6 is 23.4 Å². The molecule has 0 saturated carbocycles. The highest BCUT2D eigenvalue weighted by molar-refractivity contribution is 8.00. The molecule has 4 heteroatoms. The molecule has 0 heterocycles. The van der Waals surface area contributed by atoms with Crippen molar-refractivity contribution in [2.24, 2.45) is 0 Å². The smallest absolute Gasteiger partial charge is 0.172 e. The van der Waals surface area contributed by atoms with Gasteiger partial charge in [-0.3, -0.25) is 9.69 Å². The van der Waals surface area contributed by atoms with Gasteiger partial charge in [-0.15, -0.1) is 0 Å². The Morgan fingerprint density at radius 2 is 1.70 bits per heavy atom. The molecule has 1 aromatic carbocycles. The molecule has 0 bridgehead atoms. The van der Waals surface area contributed by atoms with Crippen LogP contribution in [0.5, 0.6) is 0 Å². The van der Waals surface area contributed by atoms with E-state index >= 15 is 0 Å². The summed E-state index contributed by atoms with van der Waals surface area (Å²) in [5.41, 5.74) is 0.742. The number of hydrogen-bond donors (Lipinski definition) is 0. The third-order valence-electron chi connectivity index (χ3n) is 3.22. The number of thioether (sulfide) groups is 1. The van der Waals surface area contributed by atoms with Gasteiger partial charge in [0.2, 0.25) is 0 Å². The fourth-order valence-corrected chi connectivity index (χ4v) is 3.13. The van der Waals surface area contributed by atoms with E-state index in [9.17, 15) is 4.79 Å². The molecule has 0 atom stereocenters. The van der Waals surface area contributed by atoms with Gasteiger partial charge in [-0.05, 0) is 52.0 Å². The highest BCUT2D eigenvalue weighted by Crippen LogP contribution is 2.13. The Labute approximate surface area is 131 Å². The number of carbonyl (C=O) groups is 1. The van der Waals surface area contributed by atoms with Crippen molar-refractivity contribution in [3.8, 4) is 0 Å². The molecule has 0 saturated heterocycles. The molecule has 1 rings (SSSR count). The Morgan fingerprint density at radius 1 is 1.15 bits per heavy atom. The van der Waals surface area contributed by atoms with Crippen molar-refractivity contribution in [3.05, 3.63) is 34.9 Å². The van der Waals surface area contributed by atoms with E-state index in [1.807, 2.05) is 0 Å². The first-order chi connectivity index (χ1) is 9.41. The molecule has 0 aliphatic carbocycles. The highest BCUT2D eigenvalue weighted by atomic mass is 35.5. The van der Waals surface area contributed by atoms with Crippen molar-refractivity contribution in [2.75, 3.05) is 18.1 Å². The fraction of sp³-hybridized carbons (Fsp3) is 0.562. The largest absolute Gasteiger partial charge is 0.298 e. The first kappa shape index (κ1) is 17.5. The summed E-state index contributed by atoms with van der Waals surface area (Å²) in [4.78, 5) is 14.4. The monoisotopic (exact) mass is 313 g/mol. The summed E-state index contributed by atoms with van der Waals surface area (Å²) in [5.74, 6) is 1.69. The quantitative estimate of drug-likeness (QED) is 0.525. The SMILES string of the molecule is CC(C)N(CCSCC(=O)c1ccc(Cl)cc1)C(C)C.